The normalized spacial score (nSPS) is 14.5. The number of fused-ring (bicyclic) bond motifs is 1. The number of aliphatic imine (C=N–C) groups is 1. The second-order valence-corrected chi connectivity index (χ2v) is 9.93. The fourth-order valence-corrected chi connectivity index (χ4v) is 5.04. The third-order valence-electron chi connectivity index (χ3n) is 6.00. The summed E-state index contributed by atoms with van der Waals surface area (Å²) in [7, 11) is 0. The predicted octanol–water partition coefficient (Wildman–Crippen LogP) is 6.01. The first-order valence-corrected chi connectivity index (χ1v) is 13.0. The van der Waals surface area contributed by atoms with Crippen LogP contribution in [-0.2, 0) is 11.4 Å². The van der Waals surface area contributed by atoms with E-state index in [0.29, 0.717) is 21.8 Å². The lowest BCUT2D eigenvalue weighted by molar-refractivity contribution is -0.117. The zero-order valence-electron chi connectivity index (χ0n) is 20.7. The molecule has 12 heteroatoms. The summed E-state index contributed by atoms with van der Waals surface area (Å²) in [5.41, 5.74) is 2.76. The molecular weight excluding hydrogens is 580 g/mol. The summed E-state index contributed by atoms with van der Waals surface area (Å²) >= 11 is 19.1. The Morgan fingerprint density at radius 1 is 1.07 bits per heavy atom. The van der Waals surface area contributed by atoms with E-state index in [0.717, 1.165) is 23.5 Å². The zero-order valence-corrected chi connectivity index (χ0v) is 23.0. The maximum atomic E-state index is 14.2. The number of hydrogen-bond acceptors (Lipinski definition) is 6. The van der Waals surface area contributed by atoms with Gasteiger partial charge in [0.15, 0.2) is 0 Å². The van der Waals surface area contributed by atoms with Gasteiger partial charge in [-0.05, 0) is 37.3 Å². The van der Waals surface area contributed by atoms with E-state index in [4.69, 9.17) is 39.5 Å². The van der Waals surface area contributed by atoms with Gasteiger partial charge in [0, 0.05) is 33.6 Å². The first kappa shape index (κ1) is 27.5. The molecule has 0 spiro atoms. The van der Waals surface area contributed by atoms with Gasteiger partial charge in [-0.1, -0.05) is 59.1 Å². The first-order chi connectivity index (χ1) is 19.2. The molecule has 3 heterocycles. The number of nitrogens with zero attached hydrogens (tertiary/aromatic N) is 3. The molecule has 2 N–H and O–H groups in total. The first-order valence-electron chi connectivity index (χ1n) is 11.8. The lowest BCUT2D eigenvalue weighted by atomic mass is 10.0. The molecule has 1 atom stereocenters. The van der Waals surface area contributed by atoms with Crippen LogP contribution < -0.4 is 15.4 Å². The number of benzene rings is 2. The highest BCUT2D eigenvalue weighted by molar-refractivity contribution is 6.44. The molecule has 0 fully saturated rings. The van der Waals surface area contributed by atoms with Gasteiger partial charge >= 0.3 is 0 Å². The van der Waals surface area contributed by atoms with E-state index in [1.165, 1.54) is 12.1 Å². The average molecular weight is 599 g/mol. The molecule has 8 nitrogen and oxygen atoms in total. The summed E-state index contributed by atoms with van der Waals surface area (Å²) in [5.74, 6) is -2.38. The number of rotatable bonds is 6. The number of benzodiazepines with no additional fused rings is 1. The molecule has 1 aliphatic rings. The van der Waals surface area contributed by atoms with E-state index in [1.807, 2.05) is 13.0 Å². The minimum Gasteiger partial charge on any atom is -0.472 e. The van der Waals surface area contributed by atoms with Gasteiger partial charge < -0.3 is 15.4 Å². The Balaban J connectivity index is 1.50. The van der Waals surface area contributed by atoms with E-state index in [9.17, 15) is 14.0 Å². The Bertz CT molecular complexity index is 1660. The summed E-state index contributed by atoms with van der Waals surface area (Å²) in [4.78, 5) is 39.3. The fourth-order valence-electron chi connectivity index (χ4n) is 4.04. The minimum absolute atomic E-state index is 0.0354. The Morgan fingerprint density at radius 2 is 1.82 bits per heavy atom. The number of aromatic nitrogens is 2. The number of halogens is 4. The number of carbonyl (C=O) groups is 2. The Morgan fingerprint density at radius 3 is 2.58 bits per heavy atom. The van der Waals surface area contributed by atoms with Crippen molar-refractivity contribution in [1.82, 2.24) is 15.3 Å². The van der Waals surface area contributed by atoms with Crippen molar-refractivity contribution in [3.63, 3.8) is 0 Å². The van der Waals surface area contributed by atoms with Crippen molar-refractivity contribution in [2.24, 2.45) is 4.99 Å². The van der Waals surface area contributed by atoms with Crippen molar-refractivity contribution < 1.29 is 18.7 Å². The lowest BCUT2D eigenvalue weighted by Crippen LogP contribution is -2.42. The van der Waals surface area contributed by atoms with E-state index in [2.05, 4.69) is 25.6 Å². The van der Waals surface area contributed by atoms with Crippen molar-refractivity contribution in [3.8, 4) is 5.88 Å². The van der Waals surface area contributed by atoms with Gasteiger partial charge in [0.1, 0.15) is 18.0 Å². The summed E-state index contributed by atoms with van der Waals surface area (Å²) in [5, 5.41) is 5.99. The Hall–Kier alpha value is -4.05. The van der Waals surface area contributed by atoms with E-state index < -0.39 is 23.8 Å². The number of ether oxygens (including phenoxy) is 1. The number of pyridine rings is 2. The van der Waals surface area contributed by atoms with E-state index in [-0.39, 0.29) is 33.8 Å². The molecule has 0 saturated heterocycles. The highest BCUT2D eigenvalue weighted by atomic mass is 35.5. The molecule has 1 aliphatic heterocycles. The molecule has 0 aliphatic carbocycles. The molecule has 0 radical (unpaired) electrons. The van der Waals surface area contributed by atoms with Gasteiger partial charge in [-0.25, -0.2) is 14.4 Å². The molecular formula is C28H19Cl3FN5O3. The average Bonchev–Trinajstić information content (AvgIpc) is 3.04. The van der Waals surface area contributed by atoms with Crippen LogP contribution in [0, 0.1) is 12.7 Å². The number of para-hydroxylation sites is 1. The summed E-state index contributed by atoms with van der Waals surface area (Å²) in [6.45, 7) is 1.84. The van der Waals surface area contributed by atoms with Gasteiger partial charge in [-0.15, -0.1) is 0 Å². The quantitative estimate of drug-likeness (QED) is 0.283. The van der Waals surface area contributed by atoms with Crippen molar-refractivity contribution in [2.45, 2.75) is 19.7 Å². The van der Waals surface area contributed by atoms with Gasteiger partial charge in [-0.2, -0.15) is 0 Å². The standard InChI is InChI=1S/C28H19Cl3FN5O3/c1-14-15(5-4-8-33-14)13-40-28-19(11-17(32)12-34-28)26(38)37-25-27(39)35-22-7-3-2-6-18(22)24(36-25)23-20(30)9-16(29)10-21(23)31/h2-12,25H,13H2,1H3,(H,35,39)(H,37,38). The fraction of sp³-hybridized carbons (Fsp3) is 0.107. The molecule has 2 aromatic carbocycles. The van der Waals surface area contributed by atoms with Gasteiger partial charge in [0.25, 0.3) is 11.8 Å². The van der Waals surface area contributed by atoms with Crippen molar-refractivity contribution >= 4 is 58.0 Å². The SMILES string of the molecule is Cc1ncccc1COc1ncc(F)cc1C(=O)NC1N=C(c2c(Cl)cc(Cl)cc2Cl)c2ccccc2NC1=O. The topological polar surface area (TPSA) is 106 Å². The van der Waals surface area contributed by atoms with Crippen molar-refractivity contribution in [3.05, 3.63) is 116 Å². The molecule has 5 rings (SSSR count). The predicted molar refractivity (Wildman–Crippen MR) is 151 cm³/mol. The third-order valence-corrected chi connectivity index (χ3v) is 6.82. The zero-order chi connectivity index (χ0) is 28.4. The monoisotopic (exact) mass is 597 g/mol. The molecule has 0 bridgehead atoms. The van der Waals surface area contributed by atoms with Crippen LogP contribution in [0.3, 0.4) is 0 Å². The molecule has 1 unspecified atom stereocenters. The second-order valence-electron chi connectivity index (χ2n) is 8.68. The van der Waals surface area contributed by atoms with Crippen molar-refractivity contribution in [2.75, 3.05) is 5.32 Å². The number of aryl methyl sites for hydroxylation is 1. The van der Waals surface area contributed by atoms with Crippen LogP contribution in [-0.4, -0.2) is 33.7 Å². The Labute approximate surface area is 243 Å². The molecule has 2 aromatic heterocycles. The summed E-state index contributed by atoms with van der Waals surface area (Å²) < 4.78 is 19.9. The van der Waals surface area contributed by atoms with Crippen LogP contribution in [0.1, 0.15) is 32.7 Å². The van der Waals surface area contributed by atoms with Crippen molar-refractivity contribution in [1.29, 1.82) is 0 Å². The van der Waals surface area contributed by atoms with Crippen LogP contribution in [0.25, 0.3) is 0 Å². The van der Waals surface area contributed by atoms with Crippen LogP contribution >= 0.6 is 34.8 Å². The van der Waals surface area contributed by atoms with Gasteiger partial charge in [0.05, 0.1) is 27.6 Å². The van der Waals surface area contributed by atoms with Crippen LogP contribution in [0.2, 0.25) is 15.1 Å². The van der Waals surface area contributed by atoms with Gasteiger partial charge in [0.2, 0.25) is 12.0 Å². The number of carbonyl (C=O) groups excluding carboxylic acids is 2. The minimum atomic E-state index is -1.45. The third kappa shape index (κ3) is 5.77. The Kier molecular flexibility index (Phi) is 7.97. The van der Waals surface area contributed by atoms with Crippen LogP contribution in [0.15, 0.2) is 72.0 Å². The lowest BCUT2D eigenvalue weighted by Gasteiger charge is -2.16. The molecule has 40 heavy (non-hydrogen) atoms. The number of hydrogen-bond donors (Lipinski definition) is 2. The number of nitrogens with one attached hydrogen (secondary N) is 2. The van der Waals surface area contributed by atoms with Gasteiger partial charge in [-0.3, -0.25) is 14.6 Å². The maximum Gasteiger partial charge on any atom is 0.269 e. The van der Waals surface area contributed by atoms with Crippen LogP contribution in [0.5, 0.6) is 5.88 Å². The largest absolute Gasteiger partial charge is 0.472 e. The molecule has 4 aromatic rings. The van der Waals surface area contributed by atoms with E-state index >= 15 is 0 Å². The smallest absolute Gasteiger partial charge is 0.269 e. The number of amides is 2. The second kappa shape index (κ2) is 11.6. The molecule has 202 valence electrons. The summed E-state index contributed by atoms with van der Waals surface area (Å²) in [6, 6.07) is 14.4. The summed E-state index contributed by atoms with van der Waals surface area (Å²) in [6.07, 6.45) is 1.12. The van der Waals surface area contributed by atoms with Crippen LogP contribution in [0.4, 0.5) is 10.1 Å². The highest BCUT2D eigenvalue weighted by Crippen LogP contribution is 2.34. The number of anilines is 1. The molecule has 0 saturated carbocycles. The highest BCUT2D eigenvalue weighted by Gasteiger charge is 2.30. The van der Waals surface area contributed by atoms with E-state index in [1.54, 1.807) is 36.5 Å². The molecule has 2 amide bonds. The maximum absolute atomic E-state index is 14.2.